The summed E-state index contributed by atoms with van der Waals surface area (Å²) in [6.45, 7) is 2.18. The number of halogens is 1. The number of rotatable bonds is 7. The van der Waals surface area contributed by atoms with Gasteiger partial charge in [-0.1, -0.05) is 41.4 Å². The summed E-state index contributed by atoms with van der Waals surface area (Å²) in [7, 11) is 0. The van der Waals surface area contributed by atoms with Gasteiger partial charge in [-0.3, -0.25) is 9.59 Å². The second kappa shape index (κ2) is 8.93. The van der Waals surface area contributed by atoms with Crippen LogP contribution in [0.4, 0.5) is 0 Å². The van der Waals surface area contributed by atoms with Gasteiger partial charge in [0.1, 0.15) is 5.75 Å². The Hall–Kier alpha value is -2.53. The zero-order chi connectivity index (χ0) is 17.4. The molecule has 0 fully saturated rings. The molecule has 0 saturated carbocycles. The fourth-order valence-corrected chi connectivity index (χ4v) is 2.00. The van der Waals surface area contributed by atoms with E-state index in [2.05, 4.69) is 10.6 Å². The van der Waals surface area contributed by atoms with Gasteiger partial charge >= 0.3 is 0 Å². The molecule has 0 bridgehead atoms. The number of carbonyl (C=O) groups excluding carboxylic acids is 2. The summed E-state index contributed by atoms with van der Waals surface area (Å²) < 4.78 is 5.29. The lowest BCUT2D eigenvalue weighted by Crippen LogP contribution is -2.38. The van der Waals surface area contributed by atoms with Crippen LogP contribution in [-0.4, -0.2) is 25.0 Å². The first-order valence-corrected chi connectivity index (χ1v) is 7.88. The van der Waals surface area contributed by atoms with Crippen molar-refractivity contribution in [2.75, 3.05) is 13.2 Å². The molecule has 24 heavy (non-hydrogen) atoms. The predicted molar refractivity (Wildman–Crippen MR) is 93.0 cm³/mol. The normalized spacial score (nSPS) is 10.1. The zero-order valence-corrected chi connectivity index (χ0v) is 14.1. The maximum absolute atomic E-state index is 11.7. The second-order valence-corrected chi connectivity index (χ2v) is 5.72. The van der Waals surface area contributed by atoms with E-state index in [1.165, 1.54) is 0 Å². The van der Waals surface area contributed by atoms with Crippen LogP contribution in [0.15, 0.2) is 48.5 Å². The third-order valence-electron chi connectivity index (χ3n) is 3.24. The molecule has 0 aliphatic rings. The topological polar surface area (TPSA) is 67.4 Å². The number of hydrogen-bond donors (Lipinski definition) is 2. The Morgan fingerprint density at radius 2 is 1.62 bits per heavy atom. The number of benzene rings is 2. The summed E-state index contributed by atoms with van der Waals surface area (Å²) >= 11 is 5.76. The van der Waals surface area contributed by atoms with Crippen molar-refractivity contribution in [1.82, 2.24) is 10.6 Å². The van der Waals surface area contributed by atoms with Crippen molar-refractivity contribution in [3.8, 4) is 5.75 Å². The molecule has 0 unspecified atom stereocenters. The zero-order valence-electron chi connectivity index (χ0n) is 13.3. The van der Waals surface area contributed by atoms with Gasteiger partial charge in [0, 0.05) is 11.6 Å². The van der Waals surface area contributed by atoms with Crippen LogP contribution >= 0.6 is 11.6 Å². The first kappa shape index (κ1) is 17.8. The lowest BCUT2D eigenvalue weighted by Gasteiger charge is -2.08. The Bertz CT molecular complexity index is 623. The van der Waals surface area contributed by atoms with Crippen molar-refractivity contribution in [2.45, 2.75) is 13.5 Å². The van der Waals surface area contributed by atoms with E-state index in [-0.39, 0.29) is 25.0 Å². The van der Waals surface area contributed by atoms with Crippen LogP contribution in [0.25, 0.3) is 0 Å². The Morgan fingerprint density at radius 1 is 0.958 bits per heavy atom. The number of hydrogen-bond acceptors (Lipinski definition) is 3. The van der Waals surface area contributed by atoms with Crippen LogP contribution in [0.3, 0.4) is 0 Å². The molecule has 0 spiro atoms. The summed E-state index contributed by atoms with van der Waals surface area (Å²) in [6, 6.07) is 14.6. The molecular formula is C18H19ClN2O3. The molecule has 2 aromatic rings. The van der Waals surface area contributed by atoms with Gasteiger partial charge in [-0.25, -0.2) is 0 Å². The smallest absolute Gasteiger partial charge is 0.258 e. The van der Waals surface area contributed by atoms with Gasteiger partial charge in [-0.05, 0) is 36.8 Å². The lowest BCUT2D eigenvalue weighted by atomic mass is 10.1. The summed E-state index contributed by atoms with van der Waals surface area (Å²) in [5.74, 6) is -0.0794. The lowest BCUT2D eigenvalue weighted by molar-refractivity contribution is -0.127. The number of ether oxygens (including phenoxy) is 1. The van der Waals surface area contributed by atoms with Crippen molar-refractivity contribution in [3.63, 3.8) is 0 Å². The third kappa shape index (κ3) is 6.30. The van der Waals surface area contributed by atoms with E-state index in [9.17, 15) is 9.59 Å². The molecule has 2 N–H and O–H groups in total. The van der Waals surface area contributed by atoms with E-state index < -0.39 is 0 Å². The maximum Gasteiger partial charge on any atom is 0.258 e. The second-order valence-electron chi connectivity index (χ2n) is 5.28. The van der Waals surface area contributed by atoms with Crippen molar-refractivity contribution in [2.24, 2.45) is 0 Å². The van der Waals surface area contributed by atoms with Gasteiger partial charge in [0.15, 0.2) is 6.61 Å². The Labute approximate surface area is 146 Å². The number of amides is 2. The molecule has 2 rings (SSSR count). The highest BCUT2D eigenvalue weighted by Gasteiger charge is 2.06. The van der Waals surface area contributed by atoms with E-state index in [1.54, 1.807) is 24.3 Å². The summed E-state index contributed by atoms with van der Waals surface area (Å²) in [5, 5.41) is 5.85. The Balaban J connectivity index is 1.64. The SMILES string of the molecule is Cc1ccc(CNC(=O)CNC(=O)COc2ccc(Cl)cc2)cc1. The average Bonchev–Trinajstić information content (AvgIpc) is 2.59. The molecule has 0 heterocycles. The quantitative estimate of drug-likeness (QED) is 0.809. The van der Waals surface area contributed by atoms with Gasteiger partial charge in [0.2, 0.25) is 5.91 Å². The molecule has 2 aromatic carbocycles. The molecule has 0 aliphatic carbocycles. The van der Waals surface area contributed by atoms with Crippen LogP contribution in [0.1, 0.15) is 11.1 Å². The van der Waals surface area contributed by atoms with Crippen LogP contribution in [0, 0.1) is 6.92 Å². The first-order chi connectivity index (χ1) is 11.5. The minimum atomic E-state index is -0.365. The van der Waals surface area contributed by atoms with Crippen LogP contribution in [-0.2, 0) is 16.1 Å². The van der Waals surface area contributed by atoms with Crippen molar-refractivity contribution in [3.05, 3.63) is 64.7 Å². The highest BCUT2D eigenvalue weighted by atomic mass is 35.5. The summed E-state index contributed by atoms with van der Waals surface area (Å²) in [6.07, 6.45) is 0. The minimum absolute atomic E-state index is 0.0886. The first-order valence-electron chi connectivity index (χ1n) is 7.50. The molecule has 0 atom stereocenters. The average molecular weight is 347 g/mol. The van der Waals surface area contributed by atoms with Crippen molar-refractivity contribution >= 4 is 23.4 Å². The number of nitrogens with one attached hydrogen (secondary N) is 2. The van der Waals surface area contributed by atoms with Crippen LogP contribution in [0.5, 0.6) is 5.75 Å². The van der Waals surface area contributed by atoms with Gasteiger partial charge < -0.3 is 15.4 Å². The van der Waals surface area contributed by atoms with Gasteiger partial charge in [0.25, 0.3) is 5.91 Å². The molecule has 2 amide bonds. The summed E-state index contributed by atoms with van der Waals surface area (Å²) in [5.41, 5.74) is 2.17. The molecule has 6 heteroatoms. The van der Waals surface area contributed by atoms with E-state index in [1.807, 2.05) is 31.2 Å². The standard InChI is InChI=1S/C18H19ClN2O3/c1-13-2-4-14(5-3-13)10-20-17(22)11-21-18(23)12-24-16-8-6-15(19)7-9-16/h2-9H,10-12H2,1H3,(H,20,22)(H,21,23). The van der Waals surface area contributed by atoms with Crippen LogP contribution < -0.4 is 15.4 Å². The van der Waals surface area contributed by atoms with Crippen molar-refractivity contribution < 1.29 is 14.3 Å². The number of aryl methyl sites for hydroxylation is 1. The maximum atomic E-state index is 11.7. The van der Waals surface area contributed by atoms with E-state index in [0.717, 1.165) is 11.1 Å². The highest BCUT2D eigenvalue weighted by Crippen LogP contribution is 2.15. The van der Waals surface area contributed by atoms with Gasteiger partial charge in [-0.2, -0.15) is 0 Å². The van der Waals surface area contributed by atoms with Crippen LogP contribution in [0.2, 0.25) is 5.02 Å². The molecular weight excluding hydrogens is 328 g/mol. The monoisotopic (exact) mass is 346 g/mol. The van der Waals surface area contributed by atoms with Gasteiger partial charge in [-0.15, -0.1) is 0 Å². The highest BCUT2D eigenvalue weighted by molar-refractivity contribution is 6.30. The molecule has 0 saturated heterocycles. The summed E-state index contributed by atoms with van der Waals surface area (Å²) in [4.78, 5) is 23.4. The molecule has 126 valence electrons. The fourth-order valence-electron chi connectivity index (χ4n) is 1.88. The Kier molecular flexibility index (Phi) is 6.63. The molecule has 5 nitrogen and oxygen atoms in total. The Morgan fingerprint density at radius 3 is 2.29 bits per heavy atom. The third-order valence-corrected chi connectivity index (χ3v) is 3.49. The van der Waals surface area contributed by atoms with E-state index in [0.29, 0.717) is 17.3 Å². The fraction of sp³-hybridized carbons (Fsp3) is 0.222. The minimum Gasteiger partial charge on any atom is -0.484 e. The van der Waals surface area contributed by atoms with Gasteiger partial charge in [0.05, 0.1) is 6.54 Å². The molecule has 0 aromatic heterocycles. The van der Waals surface area contributed by atoms with E-state index >= 15 is 0 Å². The largest absolute Gasteiger partial charge is 0.484 e. The van der Waals surface area contributed by atoms with Crippen molar-refractivity contribution in [1.29, 1.82) is 0 Å². The molecule has 0 aliphatic heterocycles. The molecule has 0 radical (unpaired) electrons. The number of carbonyl (C=O) groups is 2. The van der Waals surface area contributed by atoms with E-state index in [4.69, 9.17) is 16.3 Å². The predicted octanol–water partition coefficient (Wildman–Crippen LogP) is 2.46.